The summed E-state index contributed by atoms with van der Waals surface area (Å²) in [5, 5.41) is 1.23. The number of hydrogen-bond acceptors (Lipinski definition) is 3. The number of rotatable bonds is 5. The van der Waals surface area contributed by atoms with Crippen molar-refractivity contribution in [2.45, 2.75) is 5.33 Å². The lowest BCUT2D eigenvalue weighted by Gasteiger charge is -2.12. The van der Waals surface area contributed by atoms with Crippen LogP contribution in [0.25, 0.3) is 0 Å². The minimum absolute atomic E-state index is 0.143. The van der Waals surface area contributed by atoms with Gasteiger partial charge in [0, 0.05) is 12.4 Å². The molecule has 0 unspecified atom stereocenters. The van der Waals surface area contributed by atoms with Crippen molar-refractivity contribution in [2.75, 3.05) is 21.0 Å². The standard InChI is InChI=1S/C10H12BrClO3/c1-13-6-15-10-8(12)3-7(5-11)4-9(10)14-2/h3-4H,5-6H2,1-2H3. The van der Waals surface area contributed by atoms with Crippen LogP contribution in [0.1, 0.15) is 5.56 Å². The molecule has 0 saturated carbocycles. The lowest BCUT2D eigenvalue weighted by molar-refractivity contribution is 0.0492. The van der Waals surface area contributed by atoms with E-state index in [9.17, 15) is 0 Å². The van der Waals surface area contributed by atoms with Crippen LogP contribution < -0.4 is 9.47 Å². The van der Waals surface area contributed by atoms with E-state index in [1.165, 1.54) is 0 Å². The minimum Gasteiger partial charge on any atom is -0.493 e. The van der Waals surface area contributed by atoms with Crippen molar-refractivity contribution in [3.8, 4) is 11.5 Å². The summed E-state index contributed by atoms with van der Waals surface area (Å²) in [6.45, 7) is 0.143. The molecule has 0 fully saturated rings. The molecule has 0 aromatic heterocycles. The zero-order valence-electron chi connectivity index (χ0n) is 8.55. The van der Waals surface area contributed by atoms with Gasteiger partial charge in [0.05, 0.1) is 12.1 Å². The first-order valence-corrected chi connectivity index (χ1v) is 5.77. The van der Waals surface area contributed by atoms with Gasteiger partial charge in [0.1, 0.15) is 0 Å². The van der Waals surface area contributed by atoms with E-state index >= 15 is 0 Å². The fourth-order valence-corrected chi connectivity index (χ4v) is 1.72. The van der Waals surface area contributed by atoms with Gasteiger partial charge in [0.15, 0.2) is 18.3 Å². The Morgan fingerprint density at radius 3 is 2.60 bits per heavy atom. The fraction of sp³-hybridized carbons (Fsp3) is 0.400. The first kappa shape index (κ1) is 12.6. The average molecular weight is 296 g/mol. The van der Waals surface area contributed by atoms with Crippen LogP contribution in [-0.2, 0) is 10.1 Å². The van der Waals surface area contributed by atoms with Gasteiger partial charge >= 0.3 is 0 Å². The van der Waals surface area contributed by atoms with Gasteiger partial charge in [0.25, 0.3) is 0 Å². The first-order chi connectivity index (χ1) is 7.22. The van der Waals surface area contributed by atoms with Crippen LogP contribution in [0.2, 0.25) is 5.02 Å². The second-order valence-electron chi connectivity index (χ2n) is 2.79. The number of methoxy groups -OCH3 is 2. The van der Waals surface area contributed by atoms with E-state index in [0.717, 1.165) is 5.56 Å². The van der Waals surface area contributed by atoms with Crippen LogP contribution in [0.3, 0.4) is 0 Å². The predicted octanol–water partition coefficient (Wildman–Crippen LogP) is 3.23. The molecule has 0 aliphatic heterocycles. The number of ether oxygens (including phenoxy) is 3. The summed E-state index contributed by atoms with van der Waals surface area (Å²) >= 11 is 9.40. The highest BCUT2D eigenvalue weighted by molar-refractivity contribution is 9.08. The van der Waals surface area contributed by atoms with E-state index in [1.54, 1.807) is 14.2 Å². The summed E-state index contributed by atoms with van der Waals surface area (Å²) in [7, 11) is 3.12. The third-order valence-electron chi connectivity index (χ3n) is 1.76. The van der Waals surface area contributed by atoms with Crippen molar-refractivity contribution in [2.24, 2.45) is 0 Å². The largest absolute Gasteiger partial charge is 0.493 e. The quantitative estimate of drug-likeness (QED) is 0.616. The molecule has 1 rings (SSSR count). The van der Waals surface area contributed by atoms with Gasteiger partial charge in [-0.3, -0.25) is 0 Å². The normalized spacial score (nSPS) is 10.1. The van der Waals surface area contributed by atoms with Crippen molar-refractivity contribution in [1.29, 1.82) is 0 Å². The van der Waals surface area contributed by atoms with Crippen molar-refractivity contribution in [1.82, 2.24) is 0 Å². The summed E-state index contributed by atoms with van der Waals surface area (Å²) in [4.78, 5) is 0. The molecular weight excluding hydrogens is 283 g/mol. The smallest absolute Gasteiger partial charge is 0.188 e. The average Bonchev–Trinajstić information content (AvgIpc) is 2.26. The zero-order chi connectivity index (χ0) is 11.3. The maximum atomic E-state index is 6.05. The first-order valence-electron chi connectivity index (χ1n) is 4.27. The molecule has 1 aromatic carbocycles. The van der Waals surface area contributed by atoms with Gasteiger partial charge in [0.2, 0.25) is 0 Å². The van der Waals surface area contributed by atoms with Crippen LogP contribution in [0, 0.1) is 0 Å². The Labute approximate surface area is 102 Å². The van der Waals surface area contributed by atoms with Crippen LogP contribution >= 0.6 is 27.5 Å². The molecule has 0 atom stereocenters. The molecule has 0 amide bonds. The van der Waals surface area contributed by atoms with E-state index in [2.05, 4.69) is 15.9 Å². The molecule has 15 heavy (non-hydrogen) atoms. The fourth-order valence-electron chi connectivity index (χ4n) is 1.11. The second-order valence-corrected chi connectivity index (χ2v) is 3.76. The van der Waals surface area contributed by atoms with Gasteiger partial charge in [-0.1, -0.05) is 27.5 Å². The monoisotopic (exact) mass is 294 g/mol. The third kappa shape index (κ3) is 3.26. The molecule has 0 N–H and O–H groups in total. The van der Waals surface area contributed by atoms with Gasteiger partial charge in [-0.15, -0.1) is 0 Å². The van der Waals surface area contributed by atoms with Crippen molar-refractivity contribution < 1.29 is 14.2 Å². The van der Waals surface area contributed by atoms with Gasteiger partial charge in [-0.25, -0.2) is 0 Å². The van der Waals surface area contributed by atoms with Crippen molar-refractivity contribution in [3.63, 3.8) is 0 Å². The zero-order valence-corrected chi connectivity index (χ0v) is 10.9. The Morgan fingerprint density at radius 2 is 2.07 bits per heavy atom. The summed E-state index contributed by atoms with van der Waals surface area (Å²) in [6, 6.07) is 3.69. The Hall–Kier alpha value is -0.450. The van der Waals surface area contributed by atoms with Gasteiger partial charge < -0.3 is 14.2 Å². The Bertz CT molecular complexity index is 331. The molecule has 0 bridgehead atoms. The highest BCUT2D eigenvalue weighted by Gasteiger charge is 2.11. The van der Waals surface area contributed by atoms with Crippen LogP contribution in [-0.4, -0.2) is 21.0 Å². The molecule has 1 aromatic rings. The Morgan fingerprint density at radius 1 is 1.33 bits per heavy atom. The Balaban J connectivity index is 3.01. The predicted molar refractivity (Wildman–Crippen MR) is 63.1 cm³/mol. The van der Waals surface area contributed by atoms with E-state index in [0.29, 0.717) is 21.9 Å². The second kappa shape index (κ2) is 6.20. The molecule has 0 aliphatic rings. The van der Waals surface area contributed by atoms with Crippen LogP contribution in [0.4, 0.5) is 0 Å². The lowest BCUT2D eigenvalue weighted by Crippen LogP contribution is -2.01. The molecule has 0 spiro atoms. The summed E-state index contributed by atoms with van der Waals surface area (Å²) in [5.41, 5.74) is 1.03. The third-order valence-corrected chi connectivity index (χ3v) is 2.69. The number of hydrogen-bond donors (Lipinski definition) is 0. The topological polar surface area (TPSA) is 27.7 Å². The molecule has 0 radical (unpaired) electrons. The number of halogens is 2. The summed E-state index contributed by atoms with van der Waals surface area (Å²) < 4.78 is 15.3. The van der Waals surface area contributed by atoms with E-state index < -0.39 is 0 Å². The van der Waals surface area contributed by atoms with Gasteiger partial charge in [-0.05, 0) is 17.7 Å². The molecule has 0 heterocycles. The maximum Gasteiger partial charge on any atom is 0.188 e. The highest BCUT2D eigenvalue weighted by Crippen LogP contribution is 2.36. The molecule has 84 valence electrons. The highest BCUT2D eigenvalue weighted by atomic mass is 79.9. The number of alkyl halides is 1. The van der Waals surface area contributed by atoms with E-state index in [4.69, 9.17) is 25.8 Å². The van der Waals surface area contributed by atoms with Crippen molar-refractivity contribution in [3.05, 3.63) is 22.7 Å². The molecule has 0 saturated heterocycles. The van der Waals surface area contributed by atoms with E-state index in [-0.39, 0.29) is 6.79 Å². The lowest BCUT2D eigenvalue weighted by atomic mass is 10.2. The van der Waals surface area contributed by atoms with Crippen LogP contribution in [0.5, 0.6) is 11.5 Å². The van der Waals surface area contributed by atoms with Crippen LogP contribution in [0.15, 0.2) is 12.1 Å². The summed E-state index contributed by atoms with van der Waals surface area (Å²) in [6.07, 6.45) is 0. The van der Waals surface area contributed by atoms with Crippen molar-refractivity contribution >= 4 is 27.5 Å². The summed E-state index contributed by atoms with van der Waals surface area (Å²) in [5.74, 6) is 1.11. The minimum atomic E-state index is 0.143. The molecule has 5 heteroatoms. The van der Waals surface area contributed by atoms with E-state index in [1.807, 2.05) is 12.1 Å². The number of benzene rings is 1. The van der Waals surface area contributed by atoms with Gasteiger partial charge in [-0.2, -0.15) is 0 Å². The Kier molecular flexibility index (Phi) is 5.22. The molecule has 3 nitrogen and oxygen atoms in total. The SMILES string of the molecule is COCOc1c(Cl)cc(CBr)cc1OC. The maximum absolute atomic E-state index is 6.05. The molecule has 0 aliphatic carbocycles. The molecular formula is C10H12BrClO3.